The van der Waals surface area contributed by atoms with Gasteiger partial charge in [0, 0.05) is 40.1 Å². The predicted molar refractivity (Wildman–Crippen MR) is 112 cm³/mol. The van der Waals surface area contributed by atoms with Crippen molar-refractivity contribution in [3.63, 3.8) is 0 Å². The normalized spacial score (nSPS) is 17.4. The molecule has 1 fully saturated rings. The number of aryl methyl sites for hydroxylation is 1. The summed E-state index contributed by atoms with van der Waals surface area (Å²) in [5.74, 6) is 0.958. The zero-order valence-electron chi connectivity index (χ0n) is 15.8. The third kappa shape index (κ3) is 2.87. The van der Waals surface area contributed by atoms with Gasteiger partial charge in [0.2, 0.25) is 0 Å². The van der Waals surface area contributed by atoms with Gasteiger partial charge in [-0.3, -0.25) is 10.1 Å². The second-order valence-corrected chi connectivity index (χ2v) is 7.93. The van der Waals surface area contributed by atoms with Crippen molar-refractivity contribution >= 4 is 28.1 Å². The Morgan fingerprint density at radius 3 is 3.04 bits per heavy atom. The number of anilines is 1. The fraction of sp³-hybridized carbons (Fsp3) is 0.286. The van der Waals surface area contributed by atoms with Crippen LogP contribution in [0.4, 0.5) is 5.82 Å². The molecule has 28 heavy (non-hydrogen) atoms. The molecule has 0 bridgehead atoms. The highest BCUT2D eigenvalue weighted by Gasteiger charge is 2.24. The van der Waals surface area contributed by atoms with Gasteiger partial charge in [0.05, 0.1) is 24.9 Å². The molecule has 5 rings (SSSR count). The molecule has 0 saturated carbocycles. The summed E-state index contributed by atoms with van der Waals surface area (Å²) in [7, 11) is 0. The summed E-state index contributed by atoms with van der Waals surface area (Å²) in [4.78, 5) is 13.3. The molecule has 6 nitrogen and oxygen atoms in total. The molecule has 1 radical (unpaired) electrons. The molecule has 1 saturated heterocycles. The molecule has 0 spiro atoms. The highest BCUT2D eigenvalue weighted by atomic mass is 32.1. The zero-order valence-corrected chi connectivity index (χ0v) is 16.6. The number of hydrogen-bond donors (Lipinski definition) is 1. The molecule has 141 valence electrons. The van der Waals surface area contributed by atoms with Gasteiger partial charge < -0.3 is 9.64 Å². The van der Waals surface area contributed by atoms with E-state index in [1.54, 1.807) is 17.5 Å². The molecule has 0 unspecified atom stereocenters. The molecule has 4 aromatic rings. The molecule has 1 N–H and O–H groups in total. The average Bonchev–Trinajstić information content (AvgIpc) is 3.42. The minimum absolute atomic E-state index is 0.273. The fourth-order valence-corrected chi connectivity index (χ4v) is 4.44. The summed E-state index contributed by atoms with van der Waals surface area (Å²) in [6.45, 7) is 6.51. The van der Waals surface area contributed by atoms with Crippen LogP contribution in [0.3, 0.4) is 0 Å². The van der Waals surface area contributed by atoms with Crippen LogP contribution in [-0.4, -0.2) is 46.0 Å². The van der Waals surface area contributed by atoms with Crippen molar-refractivity contribution in [2.75, 3.05) is 24.7 Å². The lowest BCUT2D eigenvalue weighted by Crippen LogP contribution is -2.44. The summed E-state index contributed by atoms with van der Waals surface area (Å²) < 4.78 is 5.63. The Labute approximate surface area is 167 Å². The van der Waals surface area contributed by atoms with E-state index in [1.807, 2.05) is 18.3 Å². The number of nitrogens with zero attached hydrogens (tertiary/aromatic N) is 4. The SMILES string of the molecule is Cc1cnc(-c2ccn[nH]2)c2nc(N3CCOC[C@H]3C)cc(-c3cc[c]s3)c12. The van der Waals surface area contributed by atoms with Gasteiger partial charge in [-0.1, -0.05) is 0 Å². The Kier molecular flexibility index (Phi) is 4.33. The number of aromatic amines is 1. The molecule has 1 aliphatic rings. The Morgan fingerprint density at radius 2 is 2.29 bits per heavy atom. The fourth-order valence-electron chi connectivity index (χ4n) is 3.77. The number of nitrogens with one attached hydrogen (secondary N) is 1. The number of hydrogen-bond acceptors (Lipinski definition) is 6. The Morgan fingerprint density at radius 1 is 1.36 bits per heavy atom. The van der Waals surface area contributed by atoms with E-state index in [4.69, 9.17) is 14.7 Å². The number of pyridine rings is 2. The van der Waals surface area contributed by atoms with E-state index < -0.39 is 0 Å². The number of thiophene rings is 1. The quantitative estimate of drug-likeness (QED) is 0.571. The van der Waals surface area contributed by atoms with Crippen LogP contribution < -0.4 is 4.90 Å². The summed E-state index contributed by atoms with van der Waals surface area (Å²) in [6.07, 6.45) is 3.66. The zero-order chi connectivity index (χ0) is 19.1. The number of aromatic nitrogens is 4. The third-order valence-corrected chi connectivity index (χ3v) is 6.00. The van der Waals surface area contributed by atoms with E-state index in [0.29, 0.717) is 13.2 Å². The minimum atomic E-state index is 0.273. The van der Waals surface area contributed by atoms with Crippen molar-refractivity contribution in [2.24, 2.45) is 0 Å². The lowest BCUT2D eigenvalue weighted by atomic mass is 10.0. The molecule has 0 aromatic carbocycles. The van der Waals surface area contributed by atoms with Gasteiger partial charge in [-0.25, -0.2) is 4.98 Å². The smallest absolute Gasteiger partial charge is 0.130 e. The van der Waals surface area contributed by atoms with Crippen LogP contribution in [-0.2, 0) is 4.74 Å². The van der Waals surface area contributed by atoms with E-state index in [-0.39, 0.29) is 6.04 Å². The monoisotopic (exact) mass is 390 g/mol. The first kappa shape index (κ1) is 17.3. The second-order valence-electron chi connectivity index (χ2n) is 7.05. The lowest BCUT2D eigenvalue weighted by Gasteiger charge is -2.34. The van der Waals surface area contributed by atoms with Crippen molar-refractivity contribution in [3.05, 3.63) is 47.6 Å². The standard InChI is InChI=1S/C21H20N5OS/c1-13-11-22-20(16-5-6-23-25-16)21-19(13)15(17-4-3-9-28-17)10-18(24-21)26-7-8-27-12-14(26)2/h3-6,10-11,14H,7-8,12H2,1-2H3,(H,23,25)/t14-/m1/s1. The van der Waals surface area contributed by atoms with Gasteiger partial charge in [-0.05, 0) is 43.7 Å². The van der Waals surface area contributed by atoms with Gasteiger partial charge in [-0.2, -0.15) is 5.10 Å². The molecule has 1 aliphatic heterocycles. The maximum Gasteiger partial charge on any atom is 0.130 e. The molecule has 0 amide bonds. The van der Waals surface area contributed by atoms with E-state index in [0.717, 1.165) is 40.2 Å². The van der Waals surface area contributed by atoms with Crippen molar-refractivity contribution < 1.29 is 4.74 Å². The summed E-state index contributed by atoms with van der Waals surface area (Å²) in [6, 6.07) is 8.49. The maximum atomic E-state index is 5.63. The van der Waals surface area contributed by atoms with Crippen LogP contribution in [0.1, 0.15) is 12.5 Å². The van der Waals surface area contributed by atoms with Crippen LogP contribution in [0.5, 0.6) is 0 Å². The topological polar surface area (TPSA) is 66.9 Å². The molecule has 7 heteroatoms. The Bertz CT molecular complexity index is 1110. The summed E-state index contributed by atoms with van der Waals surface area (Å²) in [5, 5.41) is 11.5. The van der Waals surface area contributed by atoms with Crippen molar-refractivity contribution in [1.29, 1.82) is 0 Å². The Hall–Kier alpha value is -2.77. The lowest BCUT2D eigenvalue weighted by molar-refractivity contribution is 0.0986. The van der Waals surface area contributed by atoms with Gasteiger partial charge >= 0.3 is 0 Å². The average molecular weight is 390 g/mol. The van der Waals surface area contributed by atoms with E-state index in [9.17, 15) is 0 Å². The van der Waals surface area contributed by atoms with Crippen molar-refractivity contribution in [3.8, 4) is 21.8 Å². The number of morpholine rings is 1. The molecule has 1 atom stereocenters. The second kappa shape index (κ2) is 7.00. The maximum absolute atomic E-state index is 5.63. The van der Waals surface area contributed by atoms with Crippen LogP contribution >= 0.6 is 11.3 Å². The van der Waals surface area contributed by atoms with E-state index in [1.165, 1.54) is 10.4 Å². The van der Waals surface area contributed by atoms with Crippen molar-refractivity contribution in [2.45, 2.75) is 19.9 Å². The highest BCUT2D eigenvalue weighted by Crippen LogP contribution is 2.38. The highest BCUT2D eigenvalue weighted by molar-refractivity contribution is 7.13. The first-order valence-corrected chi connectivity index (χ1v) is 10.1. The van der Waals surface area contributed by atoms with E-state index in [2.05, 4.69) is 46.5 Å². The third-order valence-electron chi connectivity index (χ3n) is 5.17. The molecular formula is C21H20N5OS. The van der Waals surface area contributed by atoms with Crippen molar-refractivity contribution in [1.82, 2.24) is 20.2 Å². The van der Waals surface area contributed by atoms with Crippen LogP contribution in [0, 0.1) is 12.3 Å². The first-order chi connectivity index (χ1) is 13.7. The predicted octanol–water partition coefficient (Wildman–Crippen LogP) is 4.08. The van der Waals surface area contributed by atoms with Crippen LogP contribution in [0.15, 0.2) is 36.7 Å². The number of ether oxygens (including phenoxy) is 1. The molecule has 4 aromatic heterocycles. The van der Waals surface area contributed by atoms with Gasteiger partial charge in [-0.15, -0.1) is 11.3 Å². The van der Waals surface area contributed by atoms with Crippen LogP contribution in [0.25, 0.3) is 32.7 Å². The van der Waals surface area contributed by atoms with Gasteiger partial charge in [0.25, 0.3) is 0 Å². The molecular weight excluding hydrogens is 370 g/mol. The summed E-state index contributed by atoms with van der Waals surface area (Å²) >= 11 is 1.62. The first-order valence-electron chi connectivity index (χ1n) is 9.33. The summed E-state index contributed by atoms with van der Waals surface area (Å²) in [5.41, 5.74) is 4.86. The van der Waals surface area contributed by atoms with Gasteiger partial charge in [0.1, 0.15) is 17.0 Å². The number of fused-ring (bicyclic) bond motifs is 1. The molecule has 5 heterocycles. The minimum Gasteiger partial charge on any atom is -0.377 e. The van der Waals surface area contributed by atoms with Crippen LogP contribution in [0.2, 0.25) is 0 Å². The van der Waals surface area contributed by atoms with Gasteiger partial charge in [0.15, 0.2) is 0 Å². The largest absolute Gasteiger partial charge is 0.377 e. The van der Waals surface area contributed by atoms with E-state index >= 15 is 0 Å². The number of H-pyrrole nitrogens is 1. The Balaban J connectivity index is 1.82. The molecule has 0 aliphatic carbocycles. The number of rotatable bonds is 3.